The van der Waals surface area contributed by atoms with Crippen LogP contribution in [0.4, 0.5) is 10.1 Å². The zero-order valence-electron chi connectivity index (χ0n) is 8.50. The maximum atomic E-state index is 12.6. The molecule has 0 bridgehead atoms. The maximum absolute atomic E-state index is 12.6. The lowest BCUT2D eigenvalue weighted by Gasteiger charge is -1.92. The van der Waals surface area contributed by atoms with Crippen LogP contribution in [0.15, 0.2) is 36.7 Å². The van der Waals surface area contributed by atoms with E-state index in [9.17, 15) is 14.5 Å². The second-order valence-electron chi connectivity index (χ2n) is 2.80. The Labute approximate surface area is 95.5 Å². The van der Waals surface area contributed by atoms with E-state index < -0.39 is 10.7 Å². The van der Waals surface area contributed by atoms with Crippen molar-refractivity contribution in [3.05, 3.63) is 58.2 Å². The van der Waals surface area contributed by atoms with Gasteiger partial charge in [-0.05, 0) is 12.1 Å². The van der Waals surface area contributed by atoms with Crippen LogP contribution < -0.4 is 0 Å². The predicted octanol–water partition coefficient (Wildman–Crippen LogP) is 2.02. The number of halogens is 1. The second-order valence-corrected chi connectivity index (χ2v) is 2.80. The molecule has 1 aromatic carbocycles. The number of rotatable bonds is 1. The summed E-state index contributed by atoms with van der Waals surface area (Å²) in [5, 5.41) is 24.7. The van der Waals surface area contributed by atoms with Gasteiger partial charge in [-0.2, -0.15) is 10.4 Å². The fraction of sp³-hybridized carbons (Fsp3) is 0. The van der Waals surface area contributed by atoms with Crippen molar-refractivity contribution in [2.24, 2.45) is 0 Å². The predicted molar refractivity (Wildman–Crippen MR) is 56.4 cm³/mol. The molecule has 2 aromatic rings. The van der Waals surface area contributed by atoms with Gasteiger partial charge in [0.15, 0.2) is 0 Å². The summed E-state index contributed by atoms with van der Waals surface area (Å²) in [7, 11) is 0. The van der Waals surface area contributed by atoms with Crippen molar-refractivity contribution in [2.45, 2.75) is 0 Å². The van der Waals surface area contributed by atoms with E-state index in [1.165, 1.54) is 6.07 Å². The average molecular weight is 234 g/mol. The van der Waals surface area contributed by atoms with Gasteiger partial charge in [0.25, 0.3) is 5.69 Å². The first kappa shape index (κ1) is 12.3. The van der Waals surface area contributed by atoms with Gasteiger partial charge in [0.1, 0.15) is 11.9 Å². The van der Waals surface area contributed by atoms with Gasteiger partial charge in [0.05, 0.1) is 10.5 Å². The molecule has 2 rings (SSSR count). The fourth-order valence-electron chi connectivity index (χ4n) is 0.928. The number of nitro benzene ring substituents is 1. The van der Waals surface area contributed by atoms with Gasteiger partial charge in [0.2, 0.25) is 0 Å². The van der Waals surface area contributed by atoms with Crippen LogP contribution in [0.25, 0.3) is 0 Å². The molecule has 7 heteroatoms. The molecule has 6 nitrogen and oxygen atoms in total. The van der Waals surface area contributed by atoms with Crippen molar-refractivity contribution >= 4 is 5.69 Å². The minimum atomic E-state index is -0.747. The third-order valence-corrected chi connectivity index (χ3v) is 1.69. The largest absolute Gasteiger partial charge is 0.286 e. The van der Waals surface area contributed by atoms with Gasteiger partial charge in [0, 0.05) is 24.5 Å². The van der Waals surface area contributed by atoms with E-state index in [4.69, 9.17) is 5.26 Å². The number of aromatic amines is 1. The highest BCUT2D eigenvalue weighted by atomic mass is 19.1. The number of benzene rings is 1. The van der Waals surface area contributed by atoms with E-state index in [0.29, 0.717) is 0 Å². The molecule has 0 saturated carbocycles. The van der Waals surface area contributed by atoms with Crippen molar-refractivity contribution in [3.8, 4) is 6.07 Å². The Morgan fingerprint density at radius 1 is 1.53 bits per heavy atom. The fourth-order valence-corrected chi connectivity index (χ4v) is 0.928. The van der Waals surface area contributed by atoms with Crippen molar-refractivity contribution in [3.63, 3.8) is 0 Å². The summed E-state index contributed by atoms with van der Waals surface area (Å²) in [5.74, 6) is -0.747. The molecule has 0 saturated heterocycles. The molecule has 0 amide bonds. The first-order chi connectivity index (χ1) is 8.15. The molecule has 0 aliphatic carbocycles. The summed E-state index contributed by atoms with van der Waals surface area (Å²) in [6, 6.07) is 6.15. The number of H-pyrrole nitrogens is 1. The van der Waals surface area contributed by atoms with Crippen LogP contribution in [-0.4, -0.2) is 15.1 Å². The lowest BCUT2D eigenvalue weighted by atomic mass is 10.2. The van der Waals surface area contributed by atoms with Gasteiger partial charge in [-0.1, -0.05) is 0 Å². The van der Waals surface area contributed by atoms with Crippen LogP contribution in [-0.2, 0) is 0 Å². The van der Waals surface area contributed by atoms with E-state index in [-0.39, 0.29) is 11.3 Å². The minimum absolute atomic E-state index is 0.284. The molecule has 0 radical (unpaired) electrons. The van der Waals surface area contributed by atoms with Crippen molar-refractivity contribution in [1.29, 1.82) is 5.26 Å². The molecule has 0 spiro atoms. The molecular weight excluding hydrogens is 227 g/mol. The molecule has 0 fully saturated rings. The molecule has 17 heavy (non-hydrogen) atoms. The van der Waals surface area contributed by atoms with E-state index in [1.807, 2.05) is 6.07 Å². The first-order valence-corrected chi connectivity index (χ1v) is 4.43. The Morgan fingerprint density at radius 3 is 2.71 bits per heavy atom. The standard InChI is InChI=1S/C7H3FN2O2.C3H4N2/c8-7-2-1-6(10(11)12)3-5(7)4-9;1-2-4-5-3-1/h1-3H;1-3H,(H,4,5). The first-order valence-electron chi connectivity index (χ1n) is 4.43. The smallest absolute Gasteiger partial charge is 0.270 e. The molecule has 0 aliphatic heterocycles. The van der Waals surface area contributed by atoms with Crippen LogP contribution in [0.1, 0.15) is 5.56 Å². The highest BCUT2D eigenvalue weighted by Crippen LogP contribution is 2.15. The Kier molecular flexibility index (Phi) is 4.33. The highest BCUT2D eigenvalue weighted by Gasteiger charge is 2.09. The van der Waals surface area contributed by atoms with Crippen LogP contribution in [0.2, 0.25) is 0 Å². The summed E-state index contributed by atoms with van der Waals surface area (Å²) in [6.45, 7) is 0. The topological polar surface area (TPSA) is 95.6 Å². The molecule has 1 heterocycles. The van der Waals surface area contributed by atoms with Gasteiger partial charge >= 0.3 is 0 Å². The van der Waals surface area contributed by atoms with E-state index in [1.54, 1.807) is 12.4 Å². The molecule has 0 atom stereocenters. The van der Waals surface area contributed by atoms with E-state index in [2.05, 4.69) is 10.2 Å². The summed E-state index contributed by atoms with van der Waals surface area (Å²) < 4.78 is 12.6. The average Bonchev–Trinajstić information content (AvgIpc) is 2.88. The van der Waals surface area contributed by atoms with Crippen LogP contribution in [0.3, 0.4) is 0 Å². The number of hydrogen-bond acceptors (Lipinski definition) is 4. The zero-order chi connectivity index (χ0) is 12.7. The Morgan fingerprint density at radius 2 is 2.29 bits per heavy atom. The molecule has 0 aliphatic rings. The molecule has 86 valence electrons. The van der Waals surface area contributed by atoms with Crippen LogP contribution in [0.5, 0.6) is 0 Å². The van der Waals surface area contributed by atoms with Crippen LogP contribution >= 0.6 is 0 Å². The summed E-state index contributed by atoms with van der Waals surface area (Å²) >= 11 is 0. The Bertz CT molecular complexity index is 517. The normalized spacial score (nSPS) is 8.71. The molecule has 1 aromatic heterocycles. The van der Waals surface area contributed by atoms with Crippen molar-refractivity contribution < 1.29 is 9.31 Å². The van der Waals surface area contributed by atoms with E-state index in [0.717, 1.165) is 18.2 Å². The third kappa shape index (κ3) is 3.71. The second kappa shape index (κ2) is 5.97. The monoisotopic (exact) mass is 234 g/mol. The minimum Gasteiger partial charge on any atom is -0.286 e. The summed E-state index contributed by atoms with van der Waals surface area (Å²) in [5.41, 5.74) is -0.600. The molecule has 1 N–H and O–H groups in total. The number of nitrogens with one attached hydrogen (secondary N) is 1. The van der Waals surface area contributed by atoms with Crippen molar-refractivity contribution in [2.75, 3.05) is 0 Å². The number of non-ortho nitro benzene ring substituents is 1. The zero-order valence-corrected chi connectivity index (χ0v) is 8.50. The van der Waals surface area contributed by atoms with Gasteiger partial charge in [-0.25, -0.2) is 4.39 Å². The quantitative estimate of drug-likeness (QED) is 0.603. The Hall–Kier alpha value is -2.75. The number of nitriles is 1. The summed E-state index contributed by atoms with van der Waals surface area (Å²) in [6.07, 6.45) is 3.46. The lowest BCUT2D eigenvalue weighted by Crippen LogP contribution is -1.90. The summed E-state index contributed by atoms with van der Waals surface area (Å²) in [4.78, 5) is 9.47. The van der Waals surface area contributed by atoms with Crippen LogP contribution in [0, 0.1) is 27.3 Å². The molecule has 0 unspecified atom stereocenters. The molecular formula is C10H7FN4O2. The number of aromatic nitrogens is 2. The number of nitro groups is 1. The highest BCUT2D eigenvalue weighted by molar-refractivity contribution is 5.41. The van der Waals surface area contributed by atoms with Gasteiger partial charge in [-0.15, -0.1) is 0 Å². The number of hydrogen-bond donors (Lipinski definition) is 1. The van der Waals surface area contributed by atoms with E-state index >= 15 is 0 Å². The van der Waals surface area contributed by atoms with Gasteiger partial charge < -0.3 is 0 Å². The SMILES string of the molecule is N#Cc1cc([N+](=O)[O-])ccc1F.c1cn[nH]c1. The van der Waals surface area contributed by atoms with Crippen molar-refractivity contribution in [1.82, 2.24) is 10.2 Å². The van der Waals surface area contributed by atoms with Gasteiger partial charge in [-0.3, -0.25) is 15.2 Å². The maximum Gasteiger partial charge on any atom is 0.270 e. The Balaban J connectivity index is 0.000000239. The third-order valence-electron chi connectivity index (χ3n) is 1.69. The number of nitrogens with zero attached hydrogens (tertiary/aromatic N) is 3. The lowest BCUT2D eigenvalue weighted by molar-refractivity contribution is -0.384.